The Kier molecular flexibility index (Phi) is 4.79. The van der Waals surface area contributed by atoms with Crippen LogP contribution in [0.25, 0.3) is 11.6 Å². The van der Waals surface area contributed by atoms with Crippen molar-refractivity contribution in [3.8, 4) is 17.5 Å². The Morgan fingerprint density at radius 2 is 2.04 bits per heavy atom. The van der Waals surface area contributed by atoms with Gasteiger partial charge in [0.05, 0.1) is 12.0 Å². The minimum Gasteiger partial charge on any atom is -0.474 e. The van der Waals surface area contributed by atoms with E-state index >= 15 is 0 Å². The van der Waals surface area contributed by atoms with Crippen molar-refractivity contribution in [3.05, 3.63) is 59.7 Å². The molecular formula is C22H24N4O2. The SMILES string of the molecule is c1coc(-c2ncc3c(n2)CCN(Cc2ccc(OC4CCCC4)nc2)C3)c1. The minimum absolute atomic E-state index is 0.350. The van der Waals surface area contributed by atoms with Gasteiger partial charge in [-0.1, -0.05) is 6.07 Å². The summed E-state index contributed by atoms with van der Waals surface area (Å²) in [6.07, 6.45) is 11.6. The van der Waals surface area contributed by atoms with Gasteiger partial charge in [0.1, 0.15) is 6.10 Å². The highest BCUT2D eigenvalue weighted by Crippen LogP contribution is 2.24. The highest BCUT2D eigenvalue weighted by molar-refractivity contribution is 5.46. The summed E-state index contributed by atoms with van der Waals surface area (Å²) in [6.45, 7) is 2.70. The number of hydrogen-bond donors (Lipinski definition) is 0. The Balaban J connectivity index is 1.21. The molecule has 6 nitrogen and oxygen atoms in total. The predicted molar refractivity (Wildman–Crippen MR) is 105 cm³/mol. The van der Waals surface area contributed by atoms with Gasteiger partial charge in [0, 0.05) is 50.1 Å². The second-order valence-electron chi connectivity index (χ2n) is 7.63. The lowest BCUT2D eigenvalue weighted by Gasteiger charge is -2.28. The maximum Gasteiger partial charge on any atom is 0.213 e. The molecule has 3 aromatic heterocycles. The molecule has 4 heterocycles. The van der Waals surface area contributed by atoms with Crippen LogP contribution in [0.4, 0.5) is 0 Å². The van der Waals surface area contributed by atoms with Crippen molar-refractivity contribution in [2.24, 2.45) is 0 Å². The lowest BCUT2D eigenvalue weighted by atomic mass is 10.1. The molecule has 0 radical (unpaired) electrons. The number of rotatable bonds is 5. The molecule has 0 N–H and O–H groups in total. The van der Waals surface area contributed by atoms with Gasteiger partial charge in [-0.2, -0.15) is 0 Å². The topological polar surface area (TPSA) is 64.3 Å². The fraction of sp³-hybridized carbons (Fsp3) is 0.409. The monoisotopic (exact) mass is 376 g/mol. The molecule has 1 aliphatic carbocycles. The third-order valence-corrected chi connectivity index (χ3v) is 5.55. The van der Waals surface area contributed by atoms with Crippen LogP contribution in [0.5, 0.6) is 5.88 Å². The molecule has 0 saturated heterocycles. The molecule has 28 heavy (non-hydrogen) atoms. The molecule has 144 valence electrons. The summed E-state index contributed by atoms with van der Waals surface area (Å²) < 4.78 is 11.4. The lowest BCUT2D eigenvalue weighted by molar-refractivity contribution is 0.201. The second kappa shape index (κ2) is 7.72. The van der Waals surface area contributed by atoms with E-state index in [1.54, 1.807) is 6.26 Å². The number of furan rings is 1. The molecule has 1 saturated carbocycles. The van der Waals surface area contributed by atoms with E-state index in [2.05, 4.69) is 20.9 Å². The molecule has 6 heteroatoms. The van der Waals surface area contributed by atoms with E-state index in [-0.39, 0.29) is 0 Å². The molecule has 2 aliphatic rings. The predicted octanol–water partition coefficient (Wildman–Crippen LogP) is 4.01. The standard InChI is InChI=1S/C22H24N4O2/c1-2-5-18(4-1)28-21-8-7-16(12-23-21)14-26-10-9-19-17(15-26)13-24-22(25-19)20-6-3-11-27-20/h3,6-8,11-13,18H,1-2,4-5,9-10,14-15H2. The van der Waals surface area contributed by atoms with Crippen molar-refractivity contribution < 1.29 is 9.15 Å². The van der Waals surface area contributed by atoms with Gasteiger partial charge in [0.15, 0.2) is 11.6 Å². The lowest BCUT2D eigenvalue weighted by Crippen LogP contribution is -2.31. The Morgan fingerprint density at radius 1 is 1.11 bits per heavy atom. The zero-order chi connectivity index (χ0) is 18.8. The molecule has 1 fully saturated rings. The van der Waals surface area contributed by atoms with Crippen molar-refractivity contribution in [3.63, 3.8) is 0 Å². The summed E-state index contributed by atoms with van der Waals surface area (Å²) >= 11 is 0. The number of nitrogens with zero attached hydrogens (tertiary/aromatic N) is 4. The quantitative estimate of drug-likeness (QED) is 0.670. The maximum absolute atomic E-state index is 5.96. The van der Waals surface area contributed by atoms with Gasteiger partial charge >= 0.3 is 0 Å². The fourth-order valence-corrected chi connectivity index (χ4v) is 4.04. The Labute approximate surface area is 164 Å². The Bertz CT molecular complexity index is 918. The summed E-state index contributed by atoms with van der Waals surface area (Å²) in [5.74, 6) is 2.13. The Morgan fingerprint density at radius 3 is 2.82 bits per heavy atom. The molecule has 0 unspecified atom stereocenters. The number of fused-ring (bicyclic) bond motifs is 1. The molecule has 0 atom stereocenters. The van der Waals surface area contributed by atoms with Gasteiger partial charge in [-0.15, -0.1) is 0 Å². The van der Waals surface area contributed by atoms with Gasteiger partial charge in [-0.3, -0.25) is 4.90 Å². The summed E-state index contributed by atoms with van der Waals surface area (Å²) in [6, 6.07) is 7.88. The second-order valence-corrected chi connectivity index (χ2v) is 7.63. The first-order valence-electron chi connectivity index (χ1n) is 10.1. The molecule has 0 amide bonds. The summed E-state index contributed by atoms with van der Waals surface area (Å²) in [4.78, 5) is 16.1. The van der Waals surface area contributed by atoms with Crippen molar-refractivity contribution in [1.82, 2.24) is 19.9 Å². The summed E-state index contributed by atoms with van der Waals surface area (Å²) in [7, 11) is 0. The summed E-state index contributed by atoms with van der Waals surface area (Å²) in [5, 5.41) is 0. The zero-order valence-electron chi connectivity index (χ0n) is 15.9. The van der Waals surface area contributed by atoms with Crippen LogP contribution in [-0.4, -0.2) is 32.5 Å². The molecule has 1 aliphatic heterocycles. The Hall–Kier alpha value is -2.73. The van der Waals surface area contributed by atoms with Crippen LogP contribution in [-0.2, 0) is 19.5 Å². The highest BCUT2D eigenvalue weighted by Gasteiger charge is 2.20. The number of ether oxygens (including phenoxy) is 1. The molecular weight excluding hydrogens is 352 g/mol. The van der Waals surface area contributed by atoms with Crippen LogP contribution in [0, 0.1) is 0 Å². The van der Waals surface area contributed by atoms with E-state index in [0.29, 0.717) is 11.9 Å². The normalized spacial score (nSPS) is 17.6. The van der Waals surface area contributed by atoms with Gasteiger partial charge in [-0.05, 0) is 43.4 Å². The first kappa shape index (κ1) is 17.4. The average Bonchev–Trinajstić information content (AvgIpc) is 3.43. The first-order valence-corrected chi connectivity index (χ1v) is 10.1. The molecule has 0 spiro atoms. The molecule has 0 bridgehead atoms. The zero-order valence-corrected chi connectivity index (χ0v) is 15.9. The van der Waals surface area contributed by atoms with Crippen LogP contribution in [0.3, 0.4) is 0 Å². The molecule has 5 rings (SSSR count). The molecule has 3 aromatic rings. The smallest absolute Gasteiger partial charge is 0.213 e. The first-order chi connectivity index (χ1) is 13.8. The fourth-order valence-electron chi connectivity index (χ4n) is 4.04. The van der Waals surface area contributed by atoms with Crippen molar-refractivity contribution in [2.75, 3.05) is 6.54 Å². The third kappa shape index (κ3) is 3.78. The van der Waals surface area contributed by atoms with Crippen molar-refractivity contribution in [2.45, 2.75) is 51.3 Å². The van der Waals surface area contributed by atoms with Crippen LogP contribution in [0.1, 0.15) is 42.5 Å². The van der Waals surface area contributed by atoms with E-state index < -0.39 is 0 Å². The van der Waals surface area contributed by atoms with Crippen molar-refractivity contribution in [1.29, 1.82) is 0 Å². The van der Waals surface area contributed by atoms with Crippen LogP contribution in [0.2, 0.25) is 0 Å². The van der Waals surface area contributed by atoms with E-state index in [0.717, 1.165) is 56.2 Å². The highest BCUT2D eigenvalue weighted by atomic mass is 16.5. The third-order valence-electron chi connectivity index (χ3n) is 5.55. The summed E-state index contributed by atoms with van der Waals surface area (Å²) in [5.41, 5.74) is 3.52. The van der Waals surface area contributed by atoms with Crippen LogP contribution in [0.15, 0.2) is 47.3 Å². The van der Waals surface area contributed by atoms with Gasteiger partial charge < -0.3 is 9.15 Å². The number of aromatic nitrogens is 3. The van der Waals surface area contributed by atoms with Gasteiger partial charge in [-0.25, -0.2) is 15.0 Å². The van der Waals surface area contributed by atoms with Crippen LogP contribution >= 0.6 is 0 Å². The number of hydrogen-bond acceptors (Lipinski definition) is 6. The van der Waals surface area contributed by atoms with E-state index in [1.165, 1.54) is 24.0 Å². The van der Waals surface area contributed by atoms with Crippen molar-refractivity contribution >= 4 is 0 Å². The average molecular weight is 376 g/mol. The van der Waals surface area contributed by atoms with Crippen LogP contribution < -0.4 is 4.74 Å². The molecule has 0 aromatic carbocycles. The minimum atomic E-state index is 0.350. The van der Waals surface area contributed by atoms with Gasteiger partial charge in [0.25, 0.3) is 0 Å². The van der Waals surface area contributed by atoms with E-state index in [4.69, 9.17) is 14.1 Å². The van der Waals surface area contributed by atoms with E-state index in [9.17, 15) is 0 Å². The number of pyridine rings is 1. The van der Waals surface area contributed by atoms with Gasteiger partial charge in [0.2, 0.25) is 5.88 Å². The maximum atomic E-state index is 5.96. The largest absolute Gasteiger partial charge is 0.474 e. The van der Waals surface area contributed by atoms with E-state index in [1.807, 2.05) is 30.6 Å².